The second kappa shape index (κ2) is 42.2. The smallest absolute Gasteiger partial charge is 0.420 e. The zero-order valence-electron chi connectivity index (χ0n) is 64.1. The second-order valence-corrected chi connectivity index (χ2v) is 30.5. The van der Waals surface area contributed by atoms with Gasteiger partial charge in [0.05, 0.1) is 60.5 Å². The Labute approximate surface area is 650 Å². The Hall–Kier alpha value is -9.86. The van der Waals surface area contributed by atoms with E-state index in [1.165, 1.54) is 103 Å². The molecule has 109 heavy (non-hydrogen) atoms. The zero-order valence-corrected chi connectivity index (χ0v) is 66.4. The Morgan fingerprint density at radius 2 is 1.39 bits per heavy atom. The van der Waals surface area contributed by atoms with E-state index in [0.717, 1.165) is 56.0 Å². The van der Waals surface area contributed by atoms with Crippen LogP contribution in [0.15, 0.2) is 119 Å². The monoisotopic (exact) mass is 1560 g/mol. The fraction of sp³-hybridized carbons (Fsp3) is 0.444. The lowest BCUT2D eigenvalue weighted by atomic mass is 9.76. The van der Waals surface area contributed by atoms with Gasteiger partial charge in [-0.25, -0.2) is 14.3 Å². The molecule has 0 radical (unpaired) electrons. The van der Waals surface area contributed by atoms with E-state index >= 15 is 0 Å². The highest BCUT2D eigenvalue weighted by Crippen LogP contribution is 2.43. The highest BCUT2D eigenvalue weighted by molar-refractivity contribution is 7.99. The third kappa shape index (κ3) is 24.8. The number of carbonyl (C=O) groups excluding carboxylic acids is 5. The minimum absolute atomic E-state index is 0.00334. The number of carboxylic acids is 1. The molecule has 8 rings (SSSR count). The van der Waals surface area contributed by atoms with Crippen LogP contribution < -0.4 is 35.1 Å². The lowest BCUT2D eigenvalue weighted by Crippen LogP contribution is -2.34. The summed E-state index contributed by atoms with van der Waals surface area (Å²) in [6.45, 7) is 20.4. The Balaban J connectivity index is 0.000000310. The number of esters is 1. The number of aromatic hydroxyl groups is 2. The molecule has 0 saturated carbocycles. The highest BCUT2D eigenvalue weighted by atomic mass is 35.5. The number of rotatable bonds is 40. The molecule has 586 valence electrons. The van der Waals surface area contributed by atoms with Gasteiger partial charge in [0.25, 0.3) is 11.8 Å². The number of carboxylic acid groups (broad SMARTS) is 1. The lowest BCUT2D eigenvalue weighted by Gasteiger charge is -2.30. The van der Waals surface area contributed by atoms with Crippen LogP contribution in [0.1, 0.15) is 196 Å². The van der Waals surface area contributed by atoms with Crippen LogP contribution >= 0.6 is 35.1 Å². The van der Waals surface area contributed by atoms with Crippen molar-refractivity contribution in [1.29, 1.82) is 0 Å². The van der Waals surface area contributed by atoms with Crippen molar-refractivity contribution in [2.45, 2.75) is 192 Å². The zero-order chi connectivity index (χ0) is 79.4. The van der Waals surface area contributed by atoms with E-state index in [4.69, 9.17) is 35.7 Å². The molecule has 25 nitrogen and oxygen atoms in total. The molecule has 0 aliphatic rings. The molecule has 0 spiro atoms. The molecule has 8 aromatic rings. The number of ether oxygens (including phenoxy) is 5. The molecule has 1 aromatic heterocycles. The molecule has 0 bridgehead atoms. The van der Waals surface area contributed by atoms with Crippen molar-refractivity contribution in [1.82, 2.24) is 25.5 Å². The van der Waals surface area contributed by atoms with Gasteiger partial charge in [-0.05, 0) is 131 Å². The van der Waals surface area contributed by atoms with E-state index in [2.05, 4.69) is 103 Å². The highest BCUT2D eigenvalue weighted by Gasteiger charge is 2.30. The Kier molecular flexibility index (Phi) is 33.4. The third-order valence-corrected chi connectivity index (χ3v) is 21.1. The first-order valence-electron chi connectivity index (χ1n) is 36.9. The number of tetrazole rings is 1. The molecule has 0 aliphatic heterocycles. The molecule has 0 saturated heterocycles. The van der Waals surface area contributed by atoms with Crippen LogP contribution in [-0.4, -0.2) is 123 Å². The van der Waals surface area contributed by atoms with Crippen molar-refractivity contribution >= 4 is 115 Å². The number of methoxy groups -OCH3 is 2. The van der Waals surface area contributed by atoms with Crippen LogP contribution in [0.25, 0.3) is 21.5 Å². The number of halogens is 1. The number of fused-ring (bicyclic) bond motifs is 2. The summed E-state index contributed by atoms with van der Waals surface area (Å²) >= 11 is 8.67. The fourth-order valence-corrected chi connectivity index (χ4v) is 13.8. The van der Waals surface area contributed by atoms with Gasteiger partial charge in [0.1, 0.15) is 29.5 Å². The molecule has 7 aromatic carbocycles. The number of nitro benzene ring substituents is 1. The van der Waals surface area contributed by atoms with Crippen LogP contribution in [0.2, 0.25) is 5.02 Å². The lowest BCUT2D eigenvalue weighted by molar-refractivity contribution is -0.385. The third-order valence-electron chi connectivity index (χ3n) is 18.7. The van der Waals surface area contributed by atoms with Crippen LogP contribution in [0.3, 0.4) is 0 Å². The van der Waals surface area contributed by atoms with Gasteiger partial charge in [0, 0.05) is 68.4 Å². The number of phenols is 2. The molecule has 1 heterocycles. The molecule has 0 fully saturated rings. The van der Waals surface area contributed by atoms with Gasteiger partial charge in [-0.1, -0.05) is 192 Å². The largest absolute Gasteiger partial charge is 0.506 e. The minimum atomic E-state index is -0.891. The summed E-state index contributed by atoms with van der Waals surface area (Å²) in [6, 6.07) is 30.2. The maximum absolute atomic E-state index is 14.2. The summed E-state index contributed by atoms with van der Waals surface area (Å²) in [5, 5.41) is 66.2. The molecular formula is C81H102ClN9O16S2. The van der Waals surface area contributed by atoms with Gasteiger partial charge in [0.15, 0.2) is 0 Å². The average Bonchev–Trinajstić information content (AvgIpc) is 1.03. The van der Waals surface area contributed by atoms with E-state index < -0.39 is 46.6 Å². The fourth-order valence-electron chi connectivity index (χ4n) is 11.7. The van der Waals surface area contributed by atoms with Gasteiger partial charge in [-0.2, -0.15) is 0 Å². The van der Waals surface area contributed by atoms with E-state index in [-0.39, 0.29) is 77.0 Å². The number of nitrogens with zero attached hydrogens (tertiary/aromatic N) is 6. The van der Waals surface area contributed by atoms with Gasteiger partial charge in [0.2, 0.25) is 10.9 Å². The van der Waals surface area contributed by atoms with Crippen molar-refractivity contribution in [2.75, 3.05) is 61.8 Å². The number of hydrogen-bond acceptors (Lipinski definition) is 20. The number of amides is 4. The average molecular weight is 1560 g/mol. The first kappa shape index (κ1) is 86.4. The molecule has 0 aliphatic carbocycles. The van der Waals surface area contributed by atoms with Gasteiger partial charge < -0.3 is 49.6 Å². The number of anilines is 3. The maximum Gasteiger partial charge on any atom is 0.420 e. The van der Waals surface area contributed by atoms with E-state index in [0.29, 0.717) is 103 Å². The van der Waals surface area contributed by atoms with Crippen molar-refractivity contribution < 1.29 is 72.7 Å². The first-order valence-corrected chi connectivity index (χ1v) is 39.2. The summed E-state index contributed by atoms with van der Waals surface area (Å²) in [5.74, 6) is -1.23. The molecule has 0 unspecified atom stereocenters. The molecule has 6 N–H and O–H groups in total. The predicted octanol–water partition coefficient (Wildman–Crippen LogP) is 19.0. The SMILES string of the molecule is CCC(C)(C)c1ccc(OCCCNC(=O)c2cc(SCCCC(=O)O)c3c(NC(=O)OCC(C)C)cccc3c2O)c(C(C)(C)CC)c1.CCCCCCCCCCCCN(C(=O)Oc1ccc(CSc2nnnn2CC(=O)OC)cc1[N+](=O)[O-])c1cccc2c(O)c(C(=O)Nc3cc(Cl)ccc3OC)ccc12. The summed E-state index contributed by atoms with van der Waals surface area (Å²) in [4.78, 5) is 90.1. The molecule has 0 atom stereocenters. The standard InChI is InChI=1S/C42H48ClN7O9S.C39H54N2O7S/c1-4-5-6-7-8-9-10-11-12-13-23-48(34-16-14-15-31-30(34)19-20-32(39(31)52)40(53)44-33-25-29(43)18-22-36(33)57-2)42(54)59-37-21-17-28(24-35(37)50(55)56)27-60-41-45-46-47-49(41)26-38(51)58-3;1-9-38(5,6)26-17-18-31(29(22-26)39(7,8)10-2)47-20-13-19-40-36(45)28-23-32(49-21-12-16-33(42)43)34-27(35(28)44)14-11-15-30(34)41-37(46)48-24-25(3)4/h14-22,24-25,52H,4-13,23,26-27H2,1-3H3,(H,44,53);11,14-15,17-18,22-23,25,44H,9-10,12-13,16,19-21,24H2,1-8H3,(H,40,45)(H,41,46)(H,42,43). The quantitative estimate of drug-likeness (QED) is 0.00683. The van der Waals surface area contributed by atoms with Crippen LogP contribution in [0.4, 0.5) is 32.3 Å². The number of hydrogen-bond donors (Lipinski definition) is 6. The van der Waals surface area contributed by atoms with E-state index in [9.17, 15) is 49.1 Å². The number of thioether (sulfide) groups is 2. The predicted molar refractivity (Wildman–Crippen MR) is 428 cm³/mol. The summed E-state index contributed by atoms with van der Waals surface area (Å²) in [7, 11) is 2.70. The second-order valence-electron chi connectivity index (χ2n) is 28.0. The number of aliphatic carboxylic acids is 1. The van der Waals surface area contributed by atoms with Gasteiger partial charge >= 0.3 is 29.8 Å². The number of aromatic nitrogens is 4. The molecule has 28 heteroatoms. The number of nitrogens with one attached hydrogen (secondary N) is 3. The Morgan fingerprint density at radius 1 is 0.706 bits per heavy atom. The topological polar surface area (TPSA) is 335 Å². The minimum Gasteiger partial charge on any atom is -0.506 e. The van der Waals surface area contributed by atoms with Crippen molar-refractivity contribution in [3.05, 3.63) is 152 Å². The summed E-state index contributed by atoms with van der Waals surface area (Å²) in [5.41, 5.74) is 3.71. The normalized spacial score (nSPS) is 11.4. The number of benzene rings is 7. The van der Waals surface area contributed by atoms with Gasteiger partial charge in [-0.3, -0.25) is 39.5 Å². The Bertz CT molecular complexity index is 4460. The number of phenolic OH excluding ortho intramolecular Hbond substituents is 2. The Morgan fingerprint density at radius 3 is 2.06 bits per heavy atom. The van der Waals surface area contributed by atoms with E-state index in [1.807, 2.05) is 13.8 Å². The summed E-state index contributed by atoms with van der Waals surface area (Å²) < 4.78 is 28.6. The van der Waals surface area contributed by atoms with Crippen LogP contribution in [0.5, 0.6) is 28.7 Å². The first-order chi connectivity index (χ1) is 52.1. The van der Waals surface area contributed by atoms with Gasteiger partial charge in [-0.15, -0.1) is 16.9 Å². The number of unbranched alkanes of at least 4 members (excludes halogenated alkanes) is 9. The van der Waals surface area contributed by atoms with Crippen LogP contribution in [-0.2, 0) is 42.2 Å². The van der Waals surface area contributed by atoms with E-state index in [1.54, 1.807) is 66.7 Å². The number of nitro groups is 1. The summed E-state index contributed by atoms with van der Waals surface area (Å²) in [6.07, 6.45) is 12.2. The van der Waals surface area contributed by atoms with Crippen molar-refractivity contribution in [2.24, 2.45) is 5.92 Å². The maximum atomic E-state index is 14.2. The molecule has 4 amide bonds. The van der Waals surface area contributed by atoms with Crippen molar-refractivity contribution in [3.8, 4) is 28.7 Å². The molecular weight excluding hydrogens is 1450 g/mol. The van der Waals surface area contributed by atoms with Crippen LogP contribution in [0, 0.1) is 16.0 Å². The number of carbonyl (C=O) groups is 6. The van der Waals surface area contributed by atoms with Crippen molar-refractivity contribution in [3.63, 3.8) is 0 Å².